The molecule has 408 valence electrons. The molecular formula is C52H65ClF2N6O12S2. The number of halogens is 3. The topological polar surface area (TPSA) is 227 Å². The molecule has 10 rings (SSSR count). The maximum Gasteiger partial charge on any atom is 0.410 e. The zero-order valence-electron chi connectivity index (χ0n) is 43.3. The van der Waals surface area contributed by atoms with E-state index in [4.69, 9.17) is 40.4 Å². The summed E-state index contributed by atoms with van der Waals surface area (Å²) >= 11 is 6.03. The number of phenolic OH excluding ortho intramolecular Hbond substituents is 1. The van der Waals surface area contributed by atoms with Crippen molar-refractivity contribution in [1.29, 1.82) is 0 Å². The number of benzene rings is 2. The van der Waals surface area contributed by atoms with Crippen LogP contribution in [0.3, 0.4) is 0 Å². The molecule has 0 spiro atoms. The standard InChI is InChI=1S/C26H32FN3O6S.C17H24ClN3O3.C9H9FO3S/c1-15-23(34-18-11-16-5-6-17(12-18)30(16)25(31)36-26(2,3)4)28-14-29-24(15)35-22-10-9-20(13-21(22)27)37(32,33)19-7-8-19;1-10-14(18)19-9-20-15(10)23-13-7-11-5-6-12(8-13)21(11)16(22)24-17(2,3)4;10-8-5-7(3-4-9(8)11)14(12,13)6-1-2-6/h9-10,13-14,16-19H,5-8,11-12H2,1-4H3;9,11-13H,5-8H2,1-4H3;3-6,11H,1-2H2/t16-,17?,18?;11-,12?,13?;/m00./s1. The number of rotatable bonds is 10. The molecular weight excluding hydrogens is 1040 g/mol. The van der Waals surface area contributed by atoms with Crippen LogP contribution < -0.4 is 14.2 Å². The fraction of sp³-hybridized carbons (Fsp3) is 0.577. The van der Waals surface area contributed by atoms with Crippen LogP contribution in [0.25, 0.3) is 0 Å². The van der Waals surface area contributed by atoms with Gasteiger partial charge in [-0.25, -0.2) is 55.1 Å². The molecule has 2 aromatic heterocycles. The number of aromatic hydroxyl groups is 1. The van der Waals surface area contributed by atoms with Crippen LogP contribution in [0.15, 0.2) is 58.8 Å². The second-order valence-corrected chi connectivity index (χ2v) is 26.8. The Bertz CT molecular complexity index is 2980. The van der Waals surface area contributed by atoms with E-state index in [2.05, 4.69) is 19.9 Å². The van der Waals surface area contributed by atoms with E-state index in [1.807, 2.05) is 58.3 Å². The zero-order chi connectivity index (χ0) is 54.4. The van der Waals surface area contributed by atoms with Crippen molar-refractivity contribution in [3.05, 3.63) is 77.0 Å². The molecule has 2 aromatic carbocycles. The van der Waals surface area contributed by atoms with E-state index >= 15 is 0 Å². The maximum atomic E-state index is 14.7. The lowest BCUT2D eigenvalue weighted by molar-refractivity contribution is -0.00895. The summed E-state index contributed by atoms with van der Waals surface area (Å²) in [7, 11) is -6.86. The van der Waals surface area contributed by atoms with Gasteiger partial charge in [0, 0.05) is 55.4 Å². The molecule has 6 fully saturated rings. The van der Waals surface area contributed by atoms with Gasteiger partial charge in [0.1, 0.15) is 41.2 Å². The van der Waals surface area contributed by atoms with Crippen molar-refractivity contribution >= 4 is 43.5 Å². The lowest BCUT2D eigenvalue weighted by Crippen LogP contribution is -2.50. The van der Waals surface area contributed by atoms with Gasteiger partial charge in [-0.15, -0.1) is 0 Å². The fourth-order valence-electron chi connectivity index (χ4n) is 9.81. The average molecular weight is 1100 g/mol. The van der Waals surface area contributed by atoms with Gasteiger partial charge in [-0.1, -0.05) is 11.6 Å². The predicted molar refractivity (Wildman–Crippen MR) is 271 cm³/mol. The quantitative estimate of drug-likeness (QED) is 0.146. The molecule has 6 atom stereocenters. The van der Waals surface area contributed by atoms with Crippen molar-refractivity contribution in [3.8, 4) is 29.1 Å². The second-order valence-electron chi connectivity index (χ2n) is 22.0. The number of ether oxygens (including phenoxy) is 5. The number of hydrogen-bond donors (Lipinski definition) is 1. The molecule has 23 heteroatoms. The van der Waals surface area contributed by atoms with E-state index in [9.17, 15) is 35.2 Å². The third-order valence-corrected chi connectivity index (χ3v) is 18.6. The highest BCUT2D eigenvalue weighted by atomic mass is 35.5. The lowest BCUT2D eigenvalue weighted by atomic mass is 10.00. The Morgan fingerprint density at radius 3 is 1.41 bits per heavy atom. The highest BCUT2D eigenvalue weighted by Gasteiger charge is 2.47. The number of piperidine rings is 2. The first-order valence-electron chi connectivity index (χ1n) is 25.3. The molecule has 0 radical (unpaired) electrons. The molecule has 2 amide bonds. The molecule has 4 aliphatic heterocycles. The molecule has 4 aromatic rings. The number of fused-ring (bicyclic) bond motifs is 4. The van der Waals surface area contributed by atoms with E-state index < -0.39 is 53.5 Å². The number of sulfone groups is 2. The molecule has 18 nitrogen and oxygen atoms in total. The van der Waals surface area contributed by atoms with Crippen LogP contribution in [0.4, 0.5) is 18.4 Å². The van der Waals surface area contributed by atoms with Crippen molar-refractivity contribution in [1.82, 2.24) is 29.7 Å². The second kappa shape index (κ2) is 21.8. The normalized spacial score (nSPS) is 23.2. The summed E-state index contributed by atoms with van der Waals surface area (Å²) in [6.07, 6.45) is 11.2. The highest BCUT2D eigenvalue weighted by molar-refractivity contribution is 7.92. The Hall–Kier alpha value is -5.61. The molecule has 4 unspecified atom stereocenters. The first kappa shape index (κ1) is 55.6. The minimum absolute atomic E-state index is 0.0332. The summed E-state index contributed by atoms with van der Waals surface area (Å²) < 4.78 is 105. The maximum absolute atomic E-state index is 14.7. The molecule has 4 bridgehead atoms. The smallest absolute Gasteiger partial charge is 0.410 e. The van der Waals surface area contributed by atoms with E-state index in [-0.39, 0.29) is 75.2 Å². The summed E-state index contributed by atoms with van der Waals surface area (Å²) in [4.78, 5) is 45.3. The van der Waals surface area contributed by atoms with Crippen LogP contribution in [0.1, 0.15) is 130 Å². The van der Waals surface area contributed by atoms with E-state index in [1.165, 1.54) is 30.9 Å². The molecule has 75 heavy (non-hydrogen) atoms. The Balaban J connectivity index is 0.000000167. The first-order chi connectivity index (χ1) is 35.2. The summed E-state index contributed by atoms with van der Waals surface area (Å²) in [6, 6.07) is 7.21. The van der Waals surface area contributed by atoms with Crippen LogP contribution in [-0.4, -0.2) is 122 Å². The van der Waals surface area contributed by atoms with Crippen molar-refractivity contribution in [3.63, 3.8) is 0 Å². The van der Waals surface area contributed by atoms with Crippen LogP contribution in [0, 0.1) is 25.5 Å². The van der Waals surface area contributed by atoms with Gasteiger partial charge in [0.25, 0.3) is 0 Å². The lowest BCUT2D eigenvalue weighted by Gasteiger charge is -2.39. The summed E-state index contributed by atoms with van der Waals surface area (Å²) in [5, 5.41) is 8.53. The van der Waals surface area contributed by atoms with Gasteiger partial charge in [0.05, 0.1) is 25.9 Å². The van der Waals surface area contributed by atoms with Gasteiger partial charge >= 0.3 is 12.2 Å². The number of hydrogen-bond acceptors (Lipinski definition) is 16. The van der Waals surface area contributed by atoms with Crippen LogP contribution in [0.2, 0.25) is 5.15 Å². The SMILES string of the molecule is Cc1c(Cl)ncnc1OC1CC2CC[C@@H](C1)N2C(=O)OC(C)(C)C.Cc1c(Oc2ccc(S(=O)(=O)C3CC3)cc2F)ncnc1OC1CC2CC[C@@H](C1)N2C(=O)OC(C)(C)C.O=S(=O)(c1ccc(O)c(F)c1)C1CC1. The minimum atomic E-state index is -3.51. The third kappa shape index (κ3) is 13.3. The van der Waals surface area contributed by atoms with Crippen molar-refractivity contribution in [2.75, 3.05) is 0 Å². The fourth-order valence-corrected chi connectivity index (χ4v) is 13.3. The molecule has 6 heterocycles. The van der Waals surface area contributed by atoms with Crippen molar-refractivity contribution in [2.24, 2.45) is 0 Å². The molecule has 1 N–H and O–H groups in total. The Labute approximate surface area is 441 Å². The Morgan fingerprint density at radius 1 is 0.600 bits per heavy atom. The summed E-state index contributed by atoms with van der Waals surface area (Å²) in [5.41, 5.74) is 0.224. The highest BCUT2D eigenvalue weighted by Crippen LogP contribution is 2.42. The van der Waals surface area contributed by atoms with Gasteiger partial charge in [-0.2, -0.15) is 0 Å². The molecule has 4 saturated heterocycles. The number of amides is 2. The van der Waals surface area contributed by atoms with E-state index in [0.29, 0.717) is 61.0 Å². The van der Waals surface area contributed by atoms with E-state index in [0.717, 1.165) is 62.3 Å². The van der Waals surface area contributed by atoms with Crippen molar-refractivity contribution in [2.45, 2.75) is 200 Å². The molecule has 2 saturated carbocycles. The number of carbonyl (C=O) groups excluding carboxylic acids is 2. The van der Waals surface area contributed by atoms with Gasteiger partial charge in [0.2, 0.25) is 17.6 Å². The largest absolute Gasteiger partial charge is 0.505 e. The zero-order valence-corrected chi connectivity index (χ0v) is 45.7. The Kier molecular flexibility index (Phi) is 16.2. The van der Waals surface area contributed by atoms with Gasteiger partial charge in [-0.3, -0.25) is 0 Å². The van der Waals surface area contributed by atoms with Gasteiger partial charge in [0.15, 0.2) is 42.8 Å². The number of carbonyl (C=O) groups is 2. The third-order valence-electron chi connectivity index (χ3n) is 13.7. The Morgan fingerprint density at radius 2 is 1.00 bits per heavy atom. The predicted octanol–water partition coefficient (Wildman–Crippen LogP) is 10.2. The van der Waals surface area contributed by atoms with Crippen LogP contribution in [0.5, 0.6) is 29.1 Å². The number of aromatic nitrogens is 4. The van der Waals surface area contributed by atoms with E-state index in [1.54, 1.807) is 6.92 Å². The van der Waals surface area contributed by atoms with Crippen molar-refractivity contribution < 1.29 is 64.0 Å². The average Bonchev–Trinajstić information content (AvgIpc) is 4.26. The first-order valence-corrected chi connectivity index (χ1v) is 28.7. The number of nitrogens with zero attached hydrogens (tertiary/aromatic N) is 6. The monoisotopic (exact) mass is 1100 g/mol. The van der Waals surface area contributed by atoms with Crippen LogP contribution >= 0.6 is 11.6 Å². The van der Waals surface area contributed by atoms with Gasteiger partial charge in [-0.05, 0) is 143 Å². The van der Waals surface area contributed by atoms with Crippen LogP contribution in [-0.2, 0) is 29.1 Å². The summed E-state index contributed by atoms with van der Waals surface area (Å²) in [5.74, 6) is -1.36. The molecule has 2 aliphatic carbocycles. The summed E-state index contributed by atoms with van der Waals surface area (Å²) in [6.45, 7) is 14.8. The number of phenols is 1. The minimum Gasteiger partial charge on any atom is -0.505 e. The molecule has 6 aliphatic rings. The van der Waals surface area contributed by atoms with Gasteiger partial charge < -0.3 is 38.6 Å².